The predicted octanol–water partition coefficient (Wildman–Crippen LogP) is 19.8. The number of nitrogens with one attached hydrogen (secondary N) is 4. The first-order valence-corrected chi connectivity index (χ1v) is 45.9. The second-order valence-electron chi connectivity index (χ2n) is 31.3. The van der Waals surface area contributed by atoms with E-state index < -0.39 is 18.0 Å². The number of aromatic hydroxyl groups is 3. The van der Waals surface area contributed by atoms with Crippen LogP contribution >= 0.6 is 34.8 Å². The zero-order valence-electron chi connectivity index (χ0n) is 78.0. The molecule has 0 heterocycles. The Hall–Kier alpha value is -12.5. The lowest BCUT2D eigenvalue weighted by molar-refractivity contribution is -0.137. The van der Waals surface area contributed by atoms with Gasteiger partial charge in [-0.05, 0) is 182 Å². The van der Waals surface area contributed by atoms with E-state index in [-0.39, 0.29) is 75.7 Å². The van der Waals surface area contributed by atoms with Crippen molar-refractivity contribution in [3.05, 3.63) is 337 Å². The van der Waals surface area contributed by atoms with E-state index >= 15 is 0 Å². The number of likely N-dealkylation sites (N-methyl/N-ethyl adjacent to an activating group) is 1. The Labute approximate surface area is 805 Å². The van der Waals surface area contributed by atoms with Gasteiger partial charge in [-0.1, -0.05) is 267 Å². The van der Waals surface area contributed by atoms with Gasteiger partial charge in [0.1, 0.15) is 53.1 Å². The van der Waals surface area contributed by atoms with Crippen molar-refractivity contribution in [3.8, 4) is 51.4 Å². The molecule has 0 aromatic heterocycles. The second kappa shape index (κ2) is 66.8. The summed E-state index contributed by atoms with van der Waals surface area (Å²) in [6.07, 6.45) is 13.1. The molecule has 12 rings (SSSR count). The third kappa shape index (κ3) is 46.2. The number of carbonyl (C=O) groups is 6. The second-order valence-corrected chi connectivity index (χ2v) is 32.6. The number of alkyl carbamates (subject to hydrolysis) is 1. The van der Waals surface area contributed by atoms with Crippen LogP contribution in [0.4, 0.5) is 4.79 Å². The number of aldehydes is 1. The Kier molecular flexibility index (Phi) is 55.9. The third-order valence-electron chi connectivity index (χ3n) is 20.8. The Morgan fingerprint density at radius 1 is 0.418 bits per heavy atom. The molecule has 11 aromatic carbocycles. The van der Waals surface area contributed by atoms with Crippen molar-refractivity contribution in [1.29, 1.82) is 0 Å². The molecule has 11 aromatic rings. The van der Waals surface area contributed by atoms with Gasteiger partial charge in [-0.3, -0.25) is 19.2 Å². The number of rotatable bonds is 42. The maximum atomic E-state index is 11.9. The smallest absolute Gasteiger partial charge is 0.407 e. The van der Waals surface area contributed by atoms with Crippen LogP contribution in [0.15, 0.2) is 261 Å². The van der Waals surface area contributed by atoms with Gasteiger partial charge in [0.05, 0.1) is 62.8 Å². The number of unbranched alkanes of at least 4 members (excludes halogenated alkanes) is 8. The summed E-state index contributed by atoms with van der Waals surface area (Å²) in [4.78, 5) is 70.6. The summed E-state index contributed by atoms with van der Waals surface area (Å²) in [6.45, 7) is 8.89. The molecule has 0 saturated heterocycles. The van der Waals surface area contributed by atoms with E-state index in [1.807, 2.05) is 103 Å². The normalized spacial score (nSPS) is 10.6. The number of phenolic OH excluding ortho intramolecular Hbond substituents is 3. The number of methoxy groups -OCH3 is 4. The zero-order chi connectivity index (χ0) is 97.5. The number of ether oxygens (including phenoxy) is 5. The van der Waals surface area contributed by atoms with E-state index in [9.17, 15) is 33.9 Å². The van der Waals surface area contributed by atoms with E-state index in [1.165, 1.54) is 120 Å². The molecule has 0 spiro atoms. The lowest BCUT2D eigenvalue weighted by Gasteiger charge is -2.16. The quantitative estimate of drug-likeness (QED) is 0.0125. The predicted molar refractivity (Wildman–Crippen MR) is 536 cm³/mol. The van der Waals surface area contributed by atoms with E-state index in [0.29, 0.717) is 50.4 Å². The van der Waals surface area contributed by atoms with Crippen LogP contribution in [0.3, 0.4) is 0 Å². The number of fused-ring (bicyclic) bond motifs is 3. The van der Waals surface area contributed by atoms with Gasteiger partial charge in [-0.15, -0.1) is 0 Å². The van der Waals surface area contributed by atoms with Crippen LogP contribution in [0.25, 0.3) is 11.1 Å². The SMILES string of the molecule is CN(CCCCCCN)Cc1ccccc1.CN(CCCCCCNC(=O)Cc1ccc(O)c(Cl)c1)Cc1ccccc1.CNC(=O)Cc1ccc(O)c(Cl)c1.COc1ccc(CC=O)c(OC)c1.COc1ccc(CNCc2ccccc2)c(OC)c1.NCc1ccccc1.O=C(O)CCCCCNC(=O)OCC1c2ccccc2-c2ccccc21.O=C(O)Cc1ccc(O)c(Cl)c1. The van der Waals surface area contributed by atoms with Gasteiger partial charge in [-0.25, -0.2) is 4.79 Å². The highest BCUT2D eigenvalue weighted by Gasteiger charge is 2.29. The molecule has 0 fully saturated rings. The summed E-state index contributed by atoms with van der Waals surface area (Å²) in [5.74, 6) is 1.36. The van der Waals surface area contributed by atoms with Crippen molar-refractivity contribution in [2.75, 3.05) is 88.9 Å². The molecule has 3 amide bonds. The average molecular weight is 1890 g/mol. The van der Waals surface area contributed by atoms with Crippen molar-refractivity contribution in [1.82, 2.24) is 31.1 Å². The highest BCUT2D eigenvalue weighted by Crippen LogP contribution is 2.45. The number of nitrogens with zero attached hydrogens (tertiary/aromatic N) is 2. The minimum Gasteiger partial charge on any atom is -0.506 e. The van der Waals surface area contributed by atoms with Crippen molar-refractivity contribution in [2.24, 2.45) is 11.5 Å². The van der Waals surface area contributed by atoms with Crippen LogP contribution in [-0.2, 0) is 87.1 Å². The minimum atomic E-state index is -0.920. The molecule has 1 aliphatic rings. The van der Waals surface area contributed by atoms with E-state index in [4.69, 9.17) is 90.4 Å². The highest BCUT2D eigenvalue weighted by molar-refractivity contribution is 6.32. The molecule has 0 bridgehead atoms. The van der Waals surface area contributed by atoms with Crippen molar-refractivity contribution < 1.29 is 78.0 Å². The molecular weight excluding hydrogens is 1760 g/mol. The number of carbonyl (C=O) groups excluding carboxylic acids is 4. The van der Waals surface area contributed by atoms with Crippen LogP contribution in [0.2, 0.25) is 15.1 Å². The van der Waals surface area contributed by atoms with Gasteiger partial charge in [-0.2, -0.15) is 0 Å². The van der Waals surface area contributed by atoms with Crippen molar-refractivity contribution in [2.45, 2.75) is 141 Å². The van der Waals surface area contributed by atoms with Crippen LogP contribution in [0, 0.1) is 0 Å². The van der Waals surface area contributed by atoms with Crippen LogP contribution in [0.1, 0.15) is 144 Å². The summed E-state index contributed by atoms with van der Waals surface area (Å²) in [5.41, 5.74) is 25.0. The minimum absolute atomic E-state index is 0.0145. The molecule has 27 heteroatoms. The molecule has 24 nitrogen and oxygen atoms in total. The van der Waals surface area contributed by atoms with Gasteiger partial charge in [0.2, 0.25) is 11.8 Å². The van der Waals surface area contributed by atoms with Crippen molar-refractivity contribution in [3.63, 3.8) is 0 Å². The first kappa shape index (κ1) is 112. The molecule has 0 unspecified atom stereocenters. The standard InChI is InChI=1S/C22H29ClN2O2.C21H23NO4.C16H19NO2.C14H24N2.C10H12O3.C9H10ClNO2.C8H7ClO3.C7H9N/c1-25(17-18-9-5-4-6-10-18)14-8-3-2-7-13-24-22(27)16-19-11-12-21(26)20(23)15-19;23-20(24)12-2-1-7-13-22-21(25)26-14-19-17-10-5-3-8-15(17)16-9-4-6-11-18(16)19;1-18-15-9-8-14(16(10-15)19-2)12-17-11-13-6-4-3-5-7-13;1-16(12-8-3-2-7-11-15)13-14-9-5-4-6-10-14;1-12-9-4-3-8(5-6-11)10(7-9)13-2;1-11-9(13)5-6-2-3-8(12)7(10)4-6;9-6-3-5(4-8(11)12)1-2-7(6)10;8-6-7-4-2-1-3-5-7/h4-6,9-12,15,26H,2-3,7-8,13-14,16-17H2,1H3,(H,24,27);3-6,8-11,19H,1-2,7,12-14H2,(H,22,25)(H,23,24);3-10,17H,11-12H2,1-2H3;4-6,9-10H,2-3,7-8,11-13,15H2,1H3;3-4,6-7H,5H2,1-2H3;2-4,12H,5H2,1H3,(H,11,13);1-3,10H,4H2,(H,11,12);1-5H,6,8H2. The number of benzene rings is 11. The van der Waals surface area contributed by atoms with Gasteiger partial charge >= 0.3 is 18.0 Å². The number of amides is 3. The summed E-state index contributed by atoms with van der Waals surface area (Å²) < 4.78 is 26.1. The molecule has 0 aliphatic heterocycles. The molecule has 134 heavy (non-hydrogen) atoms. The largest absolute Gasteiger partial charge is 0.506 e. The summed E-state index contributed by atoms with van der Waals surface area (Å²) in [6, 6.07) is 83.1. The molecule has 718 valence electrons. The van der Waals surface area contributed by atoms with Gasteiger partial charge < -0.3 is 96.5 Å². The Morgan fingerprint density at radius 2 is 0.828 bits per heavy atom. The number of phenols is 3. The van der Waals surface area contributed by atoms with E-state index in [2.05, 4.69) is 136 Å². The van der Waals surface area contributed by atoms with Crippen LogP contribution in [-0.4, -0.2) is 160 Å². The maximum Gasteiger partial charge on any atom is 0.407 e. The van der Waals surface area contributed by atoms with Gasteiger partial charge in [0.25, 0.3) is 0 Å². The third-order valence-corrected chi connectivity index (χ3v) is 21.7. The summed E-state index contributed by atoms with van der Waals surface area (Å²) >= 11 is 17.1. The molecule has 0 atom stereocenters. The fourth-order valence-corrected chi connectivity index (χ4v) is 14.3. The molecule has 0 radical (unpaired) electrons. The number of hydrogen-bond acceptors (Lipinski definition) is 19. The lowest BCUT2D eigenvalue weighted by atomic mass is 9.98. The average Bonchev–Trinajstić information content (AvgIpc) is 1.61. The van der Waals surface area contributed by atoms with Crippen LogP contribution in [0.5, 0.6) is 40.2 Å². The summed E-state index contributed by atoms with van der Waals surface area (Å²) in [5, 5.41) is 56.8. The number of carboxylic acid groups (broad SMARTS) is 2. The molecule has 13 N–H and O–H groups in total. The van der Waals surface area contributed by atoms with Gasteiger partial charge in [0, 0.05) is 94.9 Å². The maximum absolute atomic E-state index is 11.9. The van der Waals surface area contributed by atoms with E-state index in [1.54, 1.807) is 71.9 Å². The first-order chi connectivity index (χ1) is 64.8. The van der Waals surface area contributed by atoms with Gasteiger partial charge in [0.15, 0.2) is 0 Å². The highest BCUT2D eigenvalue weighted by atomic mass is 35.5. The number of hydrogen-bond donors (Lipinski definition) is 11. The Morgan fingerprint density at radius 3 is 1.25 bits per heavy atom. The molecular formula is C107H133Cl3N8O16. The molecule has 0 saturated carbocycles. The Bertz CT molecular complexity index is 5160. The lowest BCUT2D eigenvalue weighted by Crippen LogP contribution is -2.27. The monoisotopic (exact) mass is 1890 g/mol. The fraction of sp³-hybridized carbons (Fsp3) is 0.327. The number of carboxylic acids is 2. The molecule has 1 aliphatic carbocycles. The fourth-order valence-electron chi connectivity index (χ4n) is 13.7. The van der Waals surface area contributed by atoms with Crippen LogP contribution < -0.4 is 51.7 Å². The van der Waals surface area contributed by atoms with E-state index in [0.717, 1.165) is 111 Å². The number of nitrogens with two attached hydrogens (primary N) is 2. The summed E-state index contributed by atoms with van der Waals surface area (Å²) in [7, 11) is 12.4. The Balaban J connectivity index is 0.000000278. The topological polar surface area (TPSA) is 356 Å². The number of halogens is 3. The zero-order valence-corrected chi connectivity index (χ0v) is 80.3. The number of aliphatic carboxylic acids is 2. The first-order valence-electron chi connectivity index (χ1n) is 44.8. The van der Waals surface area contributed by atoms with Crippen molar-refractivity contribution >= 4 is 70.9 Å².